The summed E-state index contributed by atoms with van der Waals surface area (Å²) in [5, 5.41) is 2.95. The van der Waals surface area contributed by atoms with Crippen LogP contribution in [0.2, 0.25) is 0 Å². The smallest absolute Gasteiger partial charge is 0.243 e. The SMILES string of the molecule is CCc1ccc(S(=O)(=O)N2CCC(NC(=O)CCC(=O)c3ccc(C)cc3)CC2)cc1. The number of nitrogens with one attached hydrogen (secondary N) is 1. The van der Waals surface area contributed by atoms with Crippen LogP contribution in [0, 0.1) is 6.92 Å². The van der Waals surface area contributed by atoms with E-state index in [1.165, 1.54) is 4.31 Å². The number of ketones is 1. The normalized spacial score (nSPS) is 15.5. The van der Waals surface area contributed by atoms with E-state index in [2.05, 4.69) is 5.32 Å². The third-order valence-electron chi connectivity index (χ3n) is 5.74. The maximum absolute atomic E-state index is 12.9. The van der Waals surface area contributed by atoms with Gasteiger partial charge in [0.25, 0.3) is 0 Å². The van der Waals surface area contributed by atoms with Gasteiger partial charge in [0.1, 0.15) is 0 Å². The molecule has 1 aliphatic heterocycles. The summed E-state index contributed by atoms with van der Waals surface area (Å²) in [4.78, 5) is 24.8. The highest BCUT2D eigenvalue weighted by molar-refractivity contribution is 7.89. The number of carbonyl (C=O) groups excluding carboxylic acids is 2. The van der Waals surface area contributed by atoms with Crippen molar-refractivity contribution >= 4 is 21.7 Å². The lowest BCUT2D eigenvalue weighted by Gasteiger charge is -2.31. The lowest BCUT2D eigenvalue weighted by Crippen LogP contribution is -2.46. The number of nitrogens with zero attached hydrogens (tertiary/aromatic N) is 1. The second kappa shape index (κ2) is 10.2. The first kappa shape index (κ1) is 23.2. The summed E-state index contributed by atoms with van der Waals surface area (Å²) < 4.78 is 27.2. The molecule has 0 aromatic heterocycles. The fraction of sp³-hybridized carbons (Fsp3) is 0.417. The highest BCUT2D eigenvalue weighted by Gasteiger charge is 2.29. The molecular weight excluding hydrogens is 412 g/mol. The van der Waals surface area contributed by atoms with Gasteiger partial charge in [-0.3, -0.25) is 9.59 Å². The van der Waals surface area contributed by atoms with Crippen molar-refractivity contribution in [3.63, 3.8) is 0 Å². The molecule has 31 heavy (non-hydrogen) atoms. The summed E-state index contributed by atoms with van der Waals surface area (Å²) in [5.74, 6) is -0.220. The highest BCUT2D eigenvalue weighted by atomic mass is 32.2. The van der Waals surface area contributed by atoms with Gasteiger partial charge in [0.15, 0.2) is 5.78 Å². The van der Waals surface area contributed by atoms with Gasteiger partial charge < -0.3 is 5.32 Å². The first-order chi connectivity index (χ1) is 14.8. The van der Waals surface area contributed by atoms with Crippen LogP contribution >= 0.6 is 0 Å². The maximum atomic E-state index is 12.9. The Hall–Kier alpha value is -2.51. The van der Waals surface area contributed by atoms with Crippen LogP contribution in [0.3, 0.4) is 0 Å². The van der Waals surface area contributed by atoms with E-state index in [4.69, 9.17) is 0 Å². The predicted molar refractivity (Wildman–Crippen MR) is 120 cm³/mol. The van der Waals surface area contributed by atoms with E-state index in [1.807, 2.05) is 38.1 Å². The molecule has 166 valence electrons. The average molecular weight is 443 g/mol. The lowest BCUT2D eigenvalue weighted by molar-refractivity contribution is -0.122. The molecule has 0 spiro atoms. The van der Waals surface area contributed by atoms with Crippen LogP contribution in [0.25, 0.3) is 0 Å². The molecule has 1 fully saturated rings. The number of rotatable bonds is 8. The highest BCUT2D eigenvalue weighted by Crippen LogP contribution is 2.21. The monoisotopic (exact) mass is 442 g/mol. The van der Waals surface area contributed by atoms with Crippen molar-refractivity contribution in [2.24, 2.45) is 0 Å². The Labute approximate surface area is 184 Å². The number of carbonyl (C=O) groups is 2. The van der Waals surface area contributed by atoms with Gasteiger partial charge in [0.05, 0.1) is 4.90 Å². The lowest BCUT2D eigenvalue weighted by atomic mass is 10.0. The van der Waals surface area contributed by atoms with Gasteiger partial charge in [-0.2, -0.15) is 4.31 Å². The minimum absolute atomic E-state index is 0.0508. The van der Waals surface area contributed by atoms with Gasteiger partial charge in [0.2, 0.25) is 15.9 Å². The molecule has 3 rings (SSSR count). The number of sulfonamides is 1. The van der Waals surface area contributed by atoms with E-state index >= 15 is 0 Å². The Balaban J connectivity index is 1.46. The summed E-state index contributed by atoms with van der Waals surface area (Å²) in [6, 6.07) is 14.3. The second-order valence-corrected chi connectivity index (χ2v) is 9.97. The van der Waals surface area contributed by atoms with Crippen LogP contribution in [0.15, 0.2) is 53.4 Å². The topological polar surface area (TPSA) is 83.6 Å². The average Bonchev–Trinajstić information content (AvgIpc) is 2.78. The van der Waals surface area contributed by atoms with Crippen LogP contribution in [0.5, 0.6) is 0 Å². The quantitative estimate of drug-likeness (QED) is 0.635. The summed E-state index contributed by atoms with van der Waals surface area (Å²) in [5.41, 5.74) is 2.80. The van der Waals surface area contributed by atoms with E-state index < -0.39 is 10.0 Å². The third kappa shape index (κ3) is 6.02. The number of benzene rings is 2. The van der Waals surface area contributed by atoms with Gasteiger partial charge in [0, 0.05) is 37.5 Å². The molecule has 0 radical (unpaired) electrons. The minimum Gasteiger partial charge on any atom is -0.353 e. The van der Waals surface area contributed by atoms with Gasteiger partial charge in [-0.25, -0.2) is 8.42 Å². The largest absolute Gasteiger partial charge is 0.353 e. The minimum atomic E-state index is -3.52. The Morgan fingerprint density at radius 3 is 2.16 bits per heavy atom. The fourth-order valence-corrected chi connectivity index (χ4v) is 5.17. The maximum Gasteiger partial charge on any atom is 0.243 e. The zero-order valence-corrected chi connectivity index (χ0v) is 19.0. The Morgan fingerprint density at radius 2 is 1.58 bits per heavy atom. The number of piperidine rings is 1. The molecule has 2 aromatic rings. The predicted octanol–water partition coefficient (Wildman–Crippen LogP) is 3.49. The molecule has 7 heteroatoms. The van der Waals surface area contributed by atoms with Gasteiger partial charge in [-0.1, -0.05) is 48.9 Å². The number of amides is 1. The number of Topliss-reactive ketones (excluding diaryl/α,β-unsaturated/α-hetero) is 1. The zero-order valence-electron chi connectivity index (χ0n) is 18.1. The molecule has 0 unspecified atom stereocenters. The molecule has 0 saturated carbocycles. The van der Waals surface area contributed by atoms with Crippen LogP contribution < -0.4 is 5.32 Å². The van der Waals surface area contributed by atoms with E-state index in [-0.39, 0.29) is 30.6 Å². The summed E-state index contributed by atoms with van der Waals surface area (Å²) in [7, 11) is -3.52. The van der Waals surface area contributed by atoms with Crippen LogP contribution in [0.1, 0.15) is 54.1 Å². The van der Waals surface area contributed by atoms with Crippen molar-refractivity contribution in [1.29, 1.82) is 0 Å². The van der Waals surface area contributed by atoms with Gasteiger partial charge in [-0.05, 0) is 43.9 Å². The Kier molecular flexibility index (Phi) is 7.62. The van der Waals surface area contributed by atoms with E-state index in [1.54, 1.807) is 24.3 Å². The van der Waals surface area contributed by atoms with E-state index in [0.717, 1.165) is 17.5 Å². The Bertz CT molecular complexity index is 1010. The van der Waals surface area contributed by atoms with Gasteiger partial charge >= 0.3 is 0 Å². The molecule has 6 nitrogen and oxygen atoms in total. The molecule has 0 atom stereocenters. The molecule has 0 aliphatic carbocycles. The number of aryl methyl sites for hydroxylation is 2. The Morgan fingerprint density at radius 1 is 0.968 bits per heavy atom. The van der Waals surface area contributed by atoms with Crippen molar-refractivity contribution in [2.75, 3.05) is 13.1 Å². The summed E-state index contributed by atoms with van der Waals surface area (Å²) >= 11 is 0. The first-order valence-electron chi connectivity index (χ1n) is 10.8. The second-order valence-electron chi connectivity index (χ2n) is 8.03. The van der Waals surface area contributed by atoms with Crippen molar-refractivity contribution in [2.45, 2.75) is 56.9 Å². The molecule has 1 heterocycles. The molecular formula is C24H30N2O4S. The molecule has 1 N–H and O–H groups in total. The van der Waals surface area contributed by atoms with Crippen LogP contribution in [-0.4, -0.2) is 43.5 Å². The van der Waals surface area contributed by atoms with Gasteiger partial charge in [-0.15, -0.1) is 0 Å². The van der Waals surface area contributed by atoms with Crippen molar-refractivity contribution in [3.8, 4) is 0 Å². The first-order valence-corrected chi connectivity index (χ1v) is 12.2. The standard InChI is InChI=1S/C24H30N2O4S/c1-3-19-6-10-22(11-7-19)31(29,30)26-16-14-21(15-17-26)25-24(28)13-12-23(27)20-8-4-18(2)5-9-20/h4-11,21H,3,12-17H2,1-2H3,(H,25,28). The van der Waals surface area contributed by atoms with Crippen LogP contribution in [-0.2, 0) is 21.2 Å². The molecule has 2 aromatic carbocycles. The fourth-order valence-electron chi connectivity index (χ4n) is 3.70. The molecule has 1 saturated heterocycles. The third-order valence-corrected chi connectivity index (χ3v) is 7.65. The van der Waals surface area contributed by atoms with E-state index in [9.17, 15) is 18.0 Å². The van der Waals surface area contributed by atoms with Crippen molar-refractivity contribution in [3.05, 3.63) is 65.2 Å². The van der Waals surface area contributed by atoms with E-state index in [0.29, 0.717) is 36.4 Å². The van der Waals surface area contributed by atoms with Crippen molar-refractivity contribution in [1.82, 2.24) is 9.62 Å². The van der Waals surface area contributed by atoms with Crippen molar-refractivity contribution < 1.29 is 18.0 Å². The molecule has 1 amide bonds. The summed E-state index contributed by atoms with van der Waals surface area (Å²) in [6.45, 7) is 4.72. The molecule has 1 aliphatic rings. The number of hydrogen-bond acceptors (Lipinski definition) is 4. The zero-order chi connectivity index (χ0) is 22.4. The number of hydrogen-bond donors (Lipinski definition) is 1. The molecule has 0 bridgehead atoms. The van der Waals surface area contributed by atoms with Crippen LogP contribution in [0.4, 0.5) is 0 Å². The summed E-state index contributed by atoms with van der Waals surface area (Å²) in [6.07, 6.45) is 2.28.